The predicted octanol–water partition coefficient (Wildman–Crippen LogP) is 2.07. The summed E-state index contributed by atoms with van der Waals surface area (Å²) in [4.78, 5) is 13.1. The fraction of sp³-hybridized carbons (Fsp3) is 0.364. The SMILES string of the molecule is CN(Cc1ccccc1Cl)C(=O)CCN.Cl. The van der Waals surface area contributed by atoms with Gasteiger partial charge in [-0.15, -0.1) is 12.4 Å². The van der Waals surface area contributed by atoms with Crippen molar-refractivity contribution in [3.63, 3.8) is 0 Å². The van der Waals surface area contributed by atoms with E-state index >= 15 is 0 Å². The molecule has 0 unspecified atom stereocenters. The minimum absolute atomic E-state index is 0. The molecule has 0 aliphatic rings. The van der Waals surface area contributed by atoms with Gasteiger partial charge in [-0.05, 0) is 11.6 Å². The molecule has 1 aromatic rings. The van der Waals surface area contributed by atoms with Crippen LogP contribution < -0.4 is 5.73 Å². The maximum Gasteiger partial charge on any atom is 0.223 e. The van der Waals surface area contributed by atoms with E-state index in [0.717, 1.165) is 5.56 Å². The number of carbonyl (C=O) groups excluding carboxylic acids is 1. The van der Waals surface area contributed by atoms with Crippen molar-refractivity contribution in [2.75, 3.05) is 13.6 Å². The van der Waals surface area contributed by atoms with Crippen LogP contribution in [0.2, 0.25) is 5.02 Å². The largest absolute Gasteiger partial charge is 0.341 e. The molecule has 2 N–H and O–H groups in total. The molecule has 0 spiro atoms. The van der Waals surface area contributed by atoms with E-state index in [2.05, 4.69) is 0 Å². The lowest BCUT2D eigenvalue weighted by Crippen LogP contribution is -2.28. The summed E-state index contributed by atoms with van der Waals surface area (Å²) in [7, 11) is 1.75. The summed E-state index contributed by atoms with van der Waals surface area (Å²) in [6.45, 7) is 0.907. The predicted molar refractivity (Wildman–Crippen MR) is 68.8 cm³/mol. The molecule has 0 fully saturated rings. The molecule has 0 aliphatic carbocycles. The highest BCUT2D eigenvalue weighted by Crippen LogP contribution is 2.16. The van der Waals surface area contributed by atoms with E-state index in [1.807, 2.05) is 24.3 Å². The van der Waals surface area contributed by atoms with E-state index in [9.17, 15) is 4.79 Å². The van der Waals surface area contributed by atoms with Gasteiger partial charge in [0, 0.05) is 31.6 Å². The highest BCUT2D eigenvalue weighted by Gasteiger charge is 2.09. The zero-order chi connectivity index (χ0) is 11.3. The number of carbonyl (C=O) groups is 1. The second kappa shape index (κ2) is 7.49. The van der Waals surface area contributed by atoms with Crippen molar-refractivity contribution in [2.45, 2.75) is 13.0 Å². The molecule has 0 radical (unpaired) electrons. The van der Waals surface area contributed by atoms with Crippen LogP contribution in [-0.2, 0) is 11.3 Å². The molecule has 3 nitrogen and oxygen atoms in total. The quantitative estimate of drug-likeness (QED) is 0.903. The lowest BCUT2D eigenvalue weighted by molar-refractivity contribution is -0.130. The van der Waals surface area contributed by atoms with Crippen LogP contribution in [-0.4, -0.2) is 24.4 Å². The van der Waals surface area contributed by atoms with Gasteiger partial charge in [0.1, 0.15) is 0 Å². The Bertz CT molecular complexity index is 345. The van der Waals surface area contributed by atoms with E-state index in [4.69, 9.17) is 17.3 Å². The summed E-state index contributed by atoms with van der Waals surface area (Å²) >= 11 is 5.99. The fourth-order valence-electron chi connectivity index (χ4n) is 1.28. The maximum atomic E-state index is 11.5. The Labute approximate surface area is 107 Å². The van der Waals surface area contributed by atoms with Gasteiger partial charge in [-0.1, -0.05) is 29.8 Å². The number of hydrogen-bond acceptors (Lipinski definition) is 2. The molecule has 0 saturated heterocycles. The maximum absolute atomic E-state index is 11.5. The minimum atomic E-state index is 0. The molecule has 0 atom stereocenters. The van der Waals surface area contributed by atoms with Gasteiger partial charge in [0.05, 0.1) is 0 Å². The van der Waals surface area contributed by atoms with Gasteiger partial charge in [0.15, 0.2) is 0 Å². The van der Waals surface area contributed by atoms with Crippen LogP contribution in [0, 0.1) is 0 Å². The normalized spacial score (nSPS) is 9.44. The van der Waals surface area contributed by atoms with Crippen molar-refractivity contribution < 1.29 is 4.79 Å². The summed E-state index contributed by atoms with van der Waals surface area (Å²) in [5.41, 5.74) is 6.27. The number of hydrogen-bond donors (Lipinski definition) is 1. The molecule has 0 aliphatic heterocycles. The Hall–Kier alpha value is -0.770. The van der Waals surface area contributed by atoms with E-state index in [1.165, 1.54) is 0 Å². The molecule has 90 valence electrons. The summed E-state index contributed by atoms with van der Waals surface area (Å²) < 4.78 is 0. The number of amides is 1. The number of rotatable bonds is 4. The number of nitrogens with two attached hydrogens (primary N) is 1. The van der Waals surface area contributed by atoms with Gasteiger partial charge in [-0.2, -0.15) is 0 Å². The monoisotopic (exact) mass is 262 g/mol. The first kappa shape index (κ1) is 15.2. The summed E-state index contributed by atoms with van der Waals surface area (Å²) in [5.74, 6) is 0.0393. The van der Waals surface area contributed by atoms with Gasteiger partial charge in [0.2, 0.25) is 5.91 Å². The number of benzene rings is 1. The molecule has 1 rings (SSSR count). The standard InChI is InChI=1S/C11H15ClN2O.ClH/c1-14(11(15)6-7-13)8-9-4-2-3-5-10(9)12;/h2-5H,6-8,13H2,1H3;1H. The van der Waals surface area contributed by atoms with E-state index in [1.54, 1.807) is 11.9 Å². The molecule has 1 amide bonds. The Balaban J connectivity index is 0.00000225. The summed E-state index contributed by atoms with van der Waals surface area (Å²) in [6.07, 6.45) is 0.376. The van der Waals surface area contributed by atoms with Gasteiger partial charge in [0.25, 0.3) is 0 Å². The Morgan fingerprint density at radius 2 is 2.06 bits per heavy atom. The topological polar surface area (TPSA) is 46.3 Å². The molecule has 5 heteroatoms. The fourth-order valence-corrected chi connectivity index (χ4v) is 1.48. The summed E-state index contributed by atoms with van der Waals surface area (Å²) in [5, 5.41) is 0.685. The zero-order valence-corrected chi connectivity index (χ0v) is 10.7. The van der Waals surface area contributed by atoms with Crippen LogP contribution in [0.3, 0.4) is 0 Å². The molecule has 16 heavy (non-hydrogen) atoms. The van der Waals surface area contributed by atoms with Crippen molar-refractivity contribution >= 4 is 29.9 Å². The van der Waals surface area contributed by atoms with Crippen LogP contribution in [0.1, 0.15) is 12.0 Å². The van der Waals surface area contributed by atoms with Crippen LogP contribution >= 0.6 is 24.0 Å². The summed E-state index contributed by atoms with van der Waals surface area (Å²) in [6, 6.07) is 7.50. The van der Waals surface area contributed by atoms with Crippen LogP contribution in [0.15, 0.2) is 24.3 Å². The Kier molecular flexibility index (Phi) is 7.13. The molecular weight excluding hydrogens is 247 g/mol. The first-order valence-electron chi connectivity index (χ1n) is 4.82. The molecule has 0 aromatic heterocycles. The van der Waals surface area contributed by atoms with E-state index in [0.29, 0.717) is 24.5 Å². The second-order valence-electron chi connectivity index (χ2n) is 3.38. The molecule has 0 saturated carbocycles. The smallest absolute Gasteiger partial charge is 0.223 e. The van der Waals surface area contributed by atoms with Crippen LogP contribution in [0.5, 0.6) is 0 Å². The number of halogens is 2. The molecule has 0 heterocycles. The van der Waals surface area contributed by atoms with Crippen molar-refractivity contribution in [2.24, 2.45) is 5.73 Å². The van der Waals surface area contributed by atoms with Crippen molar-refractivity contribution in [3.05, 3.63) is 34.9 Å². The highest BCUT2D eigenvalue weighted by molar-refractivity contribution is 6.31. The zero-order valence-electron chi connectivity index (χ0n) is 9.15. The third-order valence-corrected chi connectivity index (χ3v) is 2.52. The number of nitrogens with zero attached hydrogens (tertiary/aromatic N) is 1. The van der Waals surface area contributed by atoms with Gasteiger partial charge < -0.3 is 10.6 Å². The van der Waals surface area contributed by atoms with Gasteiger partial charge in [-0.25, -0.2) is 0 Å². The van der Waals surface area contributed by atoms with E-state index < -0.39 is 0 Å². The Morgan fingerprint density at radius 3 is 2.62 bits per heavy atom. The first-order chi connectivity index (χ1) is 7.15. The minimum Gasteiger partial charge on any atom is -0.341 e. The lowest BCUT2D eigenvalue weighted by Gasteiger charge is -2.17. The Morgan fingerprint density at radius 1 is 1.44 bits per heavy atom. The first-order valence-corrected chi connectivity index (χ1v) is 5.20. The average Bonchev–Trinajstić information content (AvgIpc) is 2.21. The third kappa shape index (κ3) is 4.39. The van der Waals surface area contributed by atoms with Gasteiger partial charge in [-0.3, -0.25) is 4.79 Å². The lowest BCUT2D eigenvalue weighted by atomic mass is 10.2. The van der Waals surface area contributed by atoms with Crippen molar-refractivity contribution in [3.8, 4) is 0 Å². The average molecular weight is 263 g/mol. The van der Waals surface area contributed by atoms with Crippen LogP contribution in [0.4, 0.5) is 0 Å². The van der Waals surface area contributed by atoms with Crippen molar-refractivity contribution in [1.82, 2.24) is 4.90 Å². The molecular formula is C11H16Cl2N2O. The van der Waals surface area contributed by atoms with E-state index in [-0.39, 0.29) is 18.3 Å². The highest BCUT2D eigenvalue weighted by atomic mass is 35.5. The second-order valence-corrected chi connectivity index (χ2v) is 3.79. The van der Waals surface area contributed by atoms with Crippen LogP contribution in [0.25, 0.3) is 0 Å². The third-order valence-electron chi connectivity index (χ3n) is 2.15. The van der Waals surface area contributed by atoms with Gasteiger partial charge >= 0.3 is 0 Å². The molecule has 1 aromatic carbocycles. The van der Waals surface area contributed by atoms with Crippen molar-refractivity contribution in [1.29, 1.82) is 0 Å². The molecule has 0 bridgehead atoms.